The first-order chi connectivity index (χ1) is 12.4. The first-order valence-corrected chi connectivity index (χ1v) is 8.22. The van der Waals surface area contributed by atoms with E-state index in [0.717, 1.165) is 0 Å². The van der Waals surface area contributed by atoms with Gasteiger partial charge in [-0.3, -0.25) is 24.0 Å². The van der Waals surface area contributed by atoms with Gasteiger partial charge < -0.3 is 37.6 Å². The molecule has 0 spiro atoms. The van der Waals surface area contributed by atoms with Crippen molar-refractivity contribution in [3.8, 4) is 0 Å². The second-order valence-corrected chi connectivity index (χ2v) is 6.15. The zero-order valence-corrected chi connectivity index (χ0v) is 15.4. The van der Waals surface area contributed by atoms with E-state index >= 15 is 0 Å². The van der Waals surface area contributed by atoms with E-state index in [4.69, 9.17) is 16.6 Å². The molecule has 0 aliphatic rings. The van der Waals surface area contributed by atoms with Crippen molar-refractivity contribution >= 4 is 29.6 Å². The number of hydrogen-bond acceptors (Lipinski definition) is 7. The molecule has 0 aromatic carbocycles. The first kappa shape index (κ1) is 24.3. The number of carboxylic acid groups (broad SMARTS) is 1. The Balaban J connectivity index is 5.26. The highest BCUT2D eigenvalue weighted by Crippen LogP contribution is 2.02. The lowest BCUT2D eigenvalue weighted by Crippen LogP contribution is -2.59. The van der Waals surface area contributed by atoms with Crippen LogP contribution in [0.5, 0.6) is 0 Å². The molecule has 12 heteroatoms. The predicted octanol–water partition coefficient (Wildman–Crippen LogP) is -3.46. The minimum atomic E-state index is -1.41. The van der Waals surface area contributed by atoms with Crippen molar-refractivity contribution in [1.82, 2.24) is 16.0 Å². The van der Waals surface area contributed by atoms with Crippen LogP contribution >= 0.6 is 0 Å². The average molecular weight is 389 g/mol. The van der Waals surface area contributed by atoms with Gasteiger partial charge >= 0.3 is 5.97 Å². The zero-order chi connectivity index (χ0) is 21.3. The van der Waals surface area contributed by atoms with E-state index < -0.39 is 59.9 Å². The Kier molecular flexibility index (Phi) is 9.96. The molecule has 12 nitrogen and oxygen atoms in total. The molecular formula is C15H27N5O7. The van der Waals surface area contributed by atoms with E-state index in [0.29, 0.717) is 0 Å². The normalized spacial score (nSPS) is 16.2. The molecule has 5 unspecified atom stereocenters. The third-order valence-corrected chi connectivity index (χ3v) is 3.52. The molecule has 0 rings (SSSR count). The largest absolute Gasteiger partial charge is 0.480 e. The van der Waals surface area contributed by atoms with Gasteiger partial charge in [-0.15, -0.1) is 0 Å². The molecule has 0 saturated heterocycles. The fourth-order valence-electron chi connectivity index (χ4n) is 1.88. The highest BCUT2D eigenvalue weighted by molar-refractivity contribution is 5.94. The van der Waals surface area contributed by atoms with Gasteiger partial charge in [-0.05, 0) is 27.2 Å². The highest BCUT2D eigenvalue weighted by atomic mass is 16.4. The molecule has 154 valence electrons. The van der Waals surface area contributed by atoms with E-state index in [1.807, 2.05) is 0 Å². The number of hydrogen-bond donors (Lipinski definition) is 7. The lowest BCUT2D eigenvalue weighted by molar-refractivity contribution is -0.142. The SMILES string of the molecule is CC(N)C(=O)NC(C(=O)NC(CCC(N)=O)C(=O)NC(C)C(=O)O)C(C)O. The maximum atomic E-state index is 12.4. The van der Waals surface area contributed by atoms with Crippen LogP contribution in [0, 0.1) is 0 Å². The summed E-state index contributed by atoms with van der Waals surface area (Å²) in [5, 5.41) is 25.3. The average Bonchev–Trinajstić information content (AvgIpc) is 2.54. The second kappa shape index (κ2) is 11.1. The third-order valence-electron chi connectivity index (χ3n) is 3.52. The Bertz CT molecular complexity index is 579. The van der Waals surface area contributed by atoms with Crippen LogP contribution in [0.4, 0.5) is 0 Å². The number of aliphatic hydroxyl groups excluding tert-OH is 1. The molecular weight excluding hydrogens is 362 g/mol. The Morgan fingerprint density at radius 1 is 0.926 bits per heavy atom. The number of amides is 4. The van der Waals surface area contributed by atoms with E-state index in [2.05, 4.69) is 16.0 Å². The van der Waals surface area contributed by atoms with Crippen molar-refractivity contribution in [3.63, 3.8) is 0 Å². The van der Waals surface area contributed by atoms with Crippen molar-refractivity contribution < 1.29 is 34.2 Å². The fourth-order valence-corrected chi connectivity index (χ4v) is 1.88. The summed E-state index contributed by atoms with van der Waals surface area (Å²) in [7, 11) is 0. The van der Waals surface area contributed by atoms with Gasteiger partial charge in [0.25, 0.3) is 0 Å². The van der Waals surface area contributed by atoms with Crippen molar-refractivity contribution in [2.75, 3.05) is 0 Å². The van der Waals surface area contributed by atoms with Crippen LogP contribution in [0.25, 0.3) is 0 Å². The number of nitrogens with one attached hydrogen (secondary N) is 3. The Hall–Kier alpha value is -2.73. The monoisotopic (exact) mass is 389 g/mol. The molecule has 0 bridgehead atoms. The Morgan fingerprint density at radius 3 is 1.89 bits per heavy atom. The maximum absolute atomic E-state index is 12.4. The summed E-state index contributed by atoms with van der Waals surface area (Å²) in [5.41, 5.74) is 10.4. The van der Waals surface area contributed by atoms with Gasteiger partial charge in [-0.2, -0.15) is 0 Å². The molecule has 5 atom stereocenters. The highest BCUT2D eigenvalue weighted by Gasteiger charge is 2.31. The van der Waals surface area contributed by atoms with Crippen molar-refractivity contribution in [2.24, 2.45) is 11.5 Å². The van der Waals surface area contributed by atoms with Crippen molar-refractivity contribution in [3.05, 3.63) is 0 Å². The number of primary amides is 1. The van der Waals surface area contributed by atoms with E-state index in [9.17, 15) is 29.1 Å². The molecule has 0 radical (unpaired) electrons. The van der Waals surface area contributed by atoms with Crippen LogP contribution in [-0.4, -0.2) is 70.1 Å². The summed E-state index contributed by atoms with van der Waals surface area (Å²) in [6, 6.07) is -4.90. The van der Waals surface area contributed by atoms with Gasteiger partial charge in [-0.1, -0.05) is 0 Å². The zero-order valence-electron chi connectivity index (χ0n) is 15.4. The van der Waals surface area contributed by atoms with Crippen LogP contribution in [0.3, 0.4) is 0 Å². The number of rotatable bonds is 11. The van der Waals surface area contributed by atoms with Crippen LogP contribution in [0.2, 0.25) is 0 Å². The Labute approximate surface area is 156 Å². The van der Waals surface area contributed by atoms with Crippen LogP contribution < -0.4 is 27.4 Å². The van der Waals surface area contributed by atoms with Gasteiger partial charge in [-0.25, -0.2) is 0 Å². The second-order valence-electron chi connectivity index (χ2n) is 6.15. The summed E-state index contributed by atoms with van der Waals surface area (Å²) in [6.07, 6.45) is -1.77. The topological polar surface area (TPSA) is 214 Å². The molecule has 0 aromatic rings. The minimum absolute atomic E-state index is 0.201. The number of nitrogens with two attached hydrogens (primary N) is 2. The number of aliphatic carboxylic acids is 1. The molecule has 0 aliphatic carbocycles. The number of aliphatic hydroxyl groups is 1. The smallest absolute Gasteiger partial charge is 0.325 e. The van der Waals surface area contributed by atoms with Crippen molar-refractivity contribution in [1.29, 1.82) is 0 Å². The van der Waals surface area contributed by atoms with Gasteiger partial charge in [0.15, 0.2) is 0 Å². The standard InChI is InChI=1S/C15H27N5O7/c1-6(16)12(23)20-11(8(3)21)14(25)19-9(4-5-10(17)22)13(24)18-7(2)15(26)27/h6-9,11,21H,4-5,16H2,1-3H3,(H2,17,22)(H,18,24)(H,19,25)(H,20,23)(H,26,27). The number of carbonyl (C=O) groups excluding carboxylic acids is 4. The minimum Gasteiger partial charge on any atom is -0.480 e. The van der Waals surface area contributed by atoms with E-state index in [-0.39, 0.29) is 12.8 Å². The summed E-state index contributed by atoms with van der Waals surface area (Å²) < 4.78 is 0. The molecule has 27 heavy (non-hydrogen) atoms. The molecule has 0 aromatic heterocycles. The van der Waals surface area contributed by atoms with E-state index in [1.165, 1.54) is 20.8 Å². The first-order valence-electron chi connectivity index (χ1n) is 8.22. The van der Waals surface area contributed by atoms with Gasteiger partial charge in [0.2, 0.25) is 23.6 Å². The quantitative estimate of drug-likeness (QED) is 0.188. The van der Waals surface area contributed by atoms with Crippen LogP contribution in [0.15, 0.2) is 0 Å². The van der Waals surface area contributed by atoms with Crippen molar-refractivity contribution in [2.45, 2.75) is 63.9 Å². The Morgan fingerprint density at radius 2 is 1.48 bits per heavy atom. The van der Waals surface area contributed by atoms with Crippen LogP contribution in [0.1, 0.15) is 33.6 Å². The molecule has 4 amide bonds. The van der Waals surface area contributed by atoms with E-state index in [1.54, 1.807) is 0 Å². The molecule has 9 N–H and O–H groups in total. The number of carboxylic acids is 1. The fraction of sp³-hybridized carbons (Fsp3) is 0.667. The summed E-state index contributed by atoms with van der Waals surface area (Å²) in [6.45, 7) is 3.84. The summed E-state index contributed by atoms with van der Waals surface area (Å²) in [4.78, 5) is 58.1. The lowest BCUT2D eigenvalue weighted by atomic mass is 10.1. The predicted molar refractivity (Wildman–Crippen MR) is 92.9 cm³/mol. The third kappa shape index (κ3) is 8.96. The maximum Gasteiger partial charge on any atom is 0.325 e. The number of carbonyl (C=O) groups is 5. The van der Waals surface area contributed by atoms with Gasteiger partial charge in [0.1, 0.15) is 18.1 Å². The molecule has 0 fully saturated rings. The summed E-state index contributed by atoms with van der Waals surface area (Å²) in [5.74, 6) is -4.50. The summed E-state index contributed by atoms with van der Waals surface area (Å²) >= 11 is 0. The molecule has 0 saturated carbocycles. The lowest BCUT2D eigenvalue weighted by Gasteiger charge is -2.25. The van der Waals surface area contributed by atoms with Gasteiger partial charge in [0.05, 0.1) is 12.1 Å². The molecule has 0 aliphatic heterocycles. The van der Waals surface area contributed by atoms with Crippen LogP contribution in [-0.2, 0) is 24.0 Å². The van der Waals surface area contributed by atoms with Gasteiger partial charge in [0, 0.05) is 6.42 Å². The molecule has 0 heterocycles.